The van der Waals surface area contributed by atoms with Gasteiger partial charge in [-0.05, 0) is 25.7 Å². The quantitative estimate of drug-likeness (QED) is 0.529. The third kappa shape index (κ3) is 2.54. The van der Waals surface area contributed by atoms with Crippen molar-refractivity contribution in [2.75, 3.05) is 0 Å². The maximum absolute atomic E-state index is 11.3. The van der Waals surface area contributed by atoms with Gasteiger partial charge < -0.3 is 10.4 Å². The van der Waals surface area contributed by atoms with Crippen LogP contribution in [0.15, 0.2) is 0 Å². The molecule has 2 rings (SSSR count). The first-order valence-corrected chi connectivity index (χ1v) is 5.43. The molecule has 1 heterocycles. The summed E-state index contributed by atoms with van der Waals surface area (Å²) in [6.45, 7) is 0. The van der Waals surface area contributed by atoms with E-state index < -0.39 is 0 Å². The van der Waals surface area contributed by atoms with Gasteiger partial charge in [-0.1, -0.05) is 0 Å². The molecule has 1 aliphatic heterocycles. The Morgan fingerprint density at radius 2 is 1.87 bits per heavy atom. The van der Waals surface area contributed by atoms with Crippen LogP contribution in [0.3, 0.4) is 0 Å². The Kier molecular flexibility index (Phi) is 3.02. The lowest BCUT2D eigenvalue weighted by molar-refractivity contribution is -0.125. The van der Waals surface area contributed by atoms with Crippen LogP contribution in [-0.4, -0.2) is 35.1 Å². The van der Waals surface area contributed by atoms with E-state index >= 15 is 0 Å². The minimum Gasteiger partial charge on any atom is -0.393 e. The summed E-state index contributed by atoms with van der Waals surface area (Å²) >= 11 is 0. The van der Waals surface area contributed by atoms with Crippen LogP contribution in [0.4, 0.5) is 0 Å². The second-order valence-corrected chi connectivity index (χ2v) is 4.34. The Balaban J connectivity index is 1.82. The zero-order chi connectivity index (χ0) is 10.8. The molecule has 1 unspecified atom stereocenters. The van der Waals surface area contributed by atoms with E-state index in [2.05, 4.69) is 10.6 Å². The lowest BCUT2D eigenvalue weighted by Gasteiger charge is -2.27. The molecule has 3 N–H and O–H groups in total. The zero-order valence-corrected chi connectivity index (χ0v) is 8.53. The van der Waals surface area contributed by atoms with Gasteiger partial charge in [-0.2, -0.15) is 0 Å². The van der Waals surface area contributed by atoms with E-state index in [-0.39, 0.29) is 36.4 Å². The number of amides is 2. The van der Waals surface area contributed by atoms with Crippen molar-refractivity contribution in [1.29, 1.82) is 0 Å². The van der Waals surface area contributed by atoms with Gasteiger partial charge in [0.15, 0.2) is 0 Å². The number of nitrogens with one attached hydrogen (secondary N) is 2. The lowest BCUT2D eigenvalue weighted by Crippen LogP contribution is -2.44. The van der Waals surface area contributed by atoms with Crippen molar-refractivity contribution in [1.82, 2.24) is 10.6 Å². The molecular formula is C10H16N2O3. The van der Waals surface area contributed by atoms with E-state index in [1.54, 1.807) is 0 Å². The number of hydrogen-bond donors (Lipinski definition) is 3. The number of aliphatic hydroxyl groups excluding tert-OH is 1. The molecule has 0 radical (unpaired) electrons. The summed E-state index contributed by atoms with van der Waals surface area (Å²) in [5.74, 6) is -0.417. The van der Waals surface area contributed by atoms with Gasteiger partial charge in [-0.15, -0.1) is 0 Å². The van der Waals surface area contributed by atoms with Gasteiger partial charge in [-0.25, -0.2) is 0 Å². The second-order valence-electron chi connectivity index (χ2n) is 4.34. The molecule has 0 aromatic heterocycles. The van der Waals surface area contributed by atoms with E-state index in [1.165, 1.54) is 0 Å². The normalized spacial score (nSPS) is 36.7. The third-order valence-electron chi connectivity index (χ3n) is 3.10. The predicted octanol–water partition coefficient (Wildman–Crippen LogP) is -0.705. The van der Waals surface area contributed by atoms with E-state index in [0.717, 1.165) is 25.7 Å². The van der Waals surface area contributed by atoms with Crippen molar-refractivity contribution < 1.29 is 14.7 Å². The van der Waals surface area contributed by atoms with Crippen molar-refractivity contribution in [2.45, 2.75) is 50.3 Å². The number of aliphatic hydroxyl groups is 1. The van der Waals surface area contributed by atoms with Crippen LogP contribution in [0.5, 0.6) is 0 Å². The largest absolute Gasteiger partial charge is 0.393 e. The van der Waals surface area contributed by atoms with Gasteiger partial charge in [0.25, 0.3) is 0 Å². The molecule has 0 spiro atoms. The molecule has 15 heavy (non-hydrogen) atoms. The Labute approximate surface area is 88.2 Å². The fourth-order valence-electron chi connectivity index (χ4n) is 2.22. The van der Waals surface area contributed by atoms with Crippen molar-refractivity contribution in [2.24, 2.45) is 0 Å². The van der Waals surface area contributed by atoms with Crippen LogP contribution >= 0.6 is 0 Å². The minimum absolute atomic E-state index is 0.193. The second kappa shape index (κ2) is 4.28. The summed E-state index contributed by atoms with van der Waals surface area (Å²) < 4.78 is 0. The summed E-state index contributed by atoms with van der Waals surface area (Å²) in [5.41, 5.74) is 0. The van der Waals surface area contributed by atoms with Crippen LogP contribution < -0.4 is 10.6 Å². The predicted molar refractivity (Wildman–Crippen MR) is 53.0 cm³/mol. The van der Waals surface area contributed by atoms with E-state index in [1.807, 2.05) is 0 Å². The average molecular weight is 212 g/mol. The number of carbonyl (C=O) groups is 2. The highest BCUT2D eigenvalue weighted by molar-refractivity contribution is 6.05. The Morgan fingerprint density at radius 3 is 2.40 bits per heavy atom. The first-order valence-electron chi connectivity index (χ1n) is 5.43. The fraction of sp³-hybridized carbons (Fsp3) is 0.800. The minimum atomic E-state index is -0.363. The first kappa shape index (κ1) is 10.6. The molecule has 1 aliphatic carbocycles. The molecule has 0 aromatic carbocycles. The standard InChI is InChI=1S/C10H16N2O3/c13-7-3-1-6(2-4-7)11-8-5-9(14)12-10(8)15/h6-8,11,13H,1-5H2,(H,12,14,15). The molecule has 84 valence electrons. The van der Waals surface area contributed by atoms with Gasteiger partial charge in [0.2, 0.25) is 11.8 Å². The SMILES string of the molecule is O=C1CC(NC2CCC(O)CC2)C(=O)N1. The van der Waals surface area contributed by atoms with Crippen LogP contribution in [0.2, 0.25) is 0 Å². The molecule has 1 saturated carbocycles. The van der Waals surface area contributed by atoms with Crippen molar-refractivity contribution in [3.05, 3.63) is 0 Å². The molecular weight excluding hydrogens is 196 g/mol. The van der Waals surface area contributed by atoms with Crippen LogP contribution in [0.1, 0.15) is 32.1 Å². The monoisotopic (exact) mass is 212 g/mol. The molecule has 2 aliphatic rings. The Morgan fingerprint density at radius 1 is 1.20 bits per heavy atom. The summed E-state index contributed by atoms with van der Waals surface area (Å²) in [6, 6.07) is -0.104. The maximum Gasteiger partial charge on any atom is 0.244 e. The smallest absolute Gasteiger partial charge is 0.244 e. The molecule has 5 heteroatoms. The van der Waals surface area contributed by atoms with E-state index in [4.69, 9.17) is 0 Å². The Bertz CT molecular complexity index is 272. The zero-order valence-electron chi connectivity index (χ0n) is 8.53. The first-order chi connectivity index (χ1) is 7.15. The van der Waals surface area contributed by atoms with Crippen molar-refractivity contribution in [3.63, 3.8) is 0 Å². The highest BCUT2D eigenvalue weighted by atomic mass is 16.3. The number of hydrogen-bond acceptors (Lipinski definition) is 4. The summed E-state index contributed by atoms with van der Waals surface area (Å²) in [6.07, 6.45) is 3.36. The van der Waals surface area contributed by atoms with Gasteiger partial charge in [-0.3, -0.25) is 14.9 Å². The number of carbonyl (C=O) groups excluding carboxylic acids is 2. The molecule has 1 saturated heterocycles. The molecule has 0 aromatic rings. The topological polar surface area (TPSA) is 78.4 Å². The highest BCUT2D eigenvalue weighted by Gasteiger charge is 2.32. The molecule has 2 fully saturated rings. The molecule has 2 amide bonds. The maximum atomic E-state index is 11.3. The van der Waals surface area contributed by atoms with Crippen molar-refractivity contribution in [3.8, 4) is 0 Å². The highest BCUT2D eigenvalue weighted by Crippen LogP contribution is 2.19. The van der Waals surface area contributed by atoms with E-state index in [9.17, 15) is 14.7 Å². The van der Waals surface area contributed by atoms with Crippen LogP contribution in [0.25, 0.3) is 0 Å². The summed E-state index contributed by atoms with van der Waals surface area (Å²) in [5, 5.41) is 14.8. The van der Waals surface area contributed by atoms with Crippen LogP contribution in [-0.2, 0) is 9.59 Å². The van der Waals surface area contributed by atoms with Gasteiger partial charge >= 0.3 is 0 Å². The van der Waals surface area contributed by atoms with Crippen LogP contribution in [0, 0.1) is 0 Å². The number of imide groups is 1. The van der Waals surface area contributed by atoms with Crippen molar-refractivity contribution >= 4 is 11.8 Å². The average Bonchev–Trinajstić information content (AvgIpc) is 2.49. The summed E-state index contributed by atoms with van der Waals surface area (Å²) in [4.78, 5) is 22.2. The Hall–Kier alpha value is -0.940. The molecule has 1 atom stereocenters. The fourth-order valence-corrected chi connectivity index (χ4v) is 2.22. The van der Waals surface area contributed by atoms with Gasteiger partial charge in [0, 0.05) is 6.04 Å². The van der Waals surface area contributed by atoms with Gasteiger partial charge in [0.05, 0.1) is 18.6 Å². The van der Waals surface area contributed by atoms with Gasteiger partial charge in [0.1, 0.15) is 0 Å². The van der Waals surface area contributed by atoms with E-state index in [0.29, 0.717) is 0 Å². The molecule has 0 bridgehead atoms. The molecule has 5 nitrogen and oxygen atoms in total. The number of rotatable bonds is 2. The third-order valence-corrected chi connectivity index (χ3v) is 3.10. The lowest BCUT2D eigenvalue weighted by atomic mass is 9.92. The summed E-state index contributed by atoms with van der Waals surface area (Å²) in [7, 11) is 0.